The first-order chi connectivity index (χ1) is 10.1. The van der Waals surface area contributed by atoms with Crippen molar-refractivity contribution in [1.82, 2.24) is 24.3 Å². The normalized spacial score (nSPS) is 11.2. The molecule has 2 aromatic heterocycles. The second-order valence-corrected chi connectivity index (χ2v) is 6.35. The molecule has 0 saturated heterocycles. The van der Waals surface area contributed by atoms with E-state index in [1.54, 1.807) is 6.33 Å². The molecule has 0 fully saturated rings. The maximum absolute atomic E-state index is 4.47. The molecule has 0 aliphatic rings. The molecule has 0 spiro atoms. The van der Waals surface area contributed by atoms with Crippen molar-refractivity contribution in [2.45, 2.75) is 26.4 Å². The molecule has 0 atom stereocenters. The molecule has 1 aromatic carbocycles. The van der Waals surface area contributed by atoms with Gasteiger partial charge >= 0.3 is 0 Å². The van der Waals surface area contributed by atoms with Crippen LogP contribution in [0.15, 0.2) is 43.0 Å². The topological polar surface area (TPSA) is 48.5 Å². The Morgan fingerprint density at radius 3 is 2.62 bits per heavy atom. The van der Waals surface area contributed by atoms with Crippen molar-refractivity contribution in [3.05, 3.63) is 52.4 Å². The number of nitrogens with zero attached hydrogens (tertiary/aromatic N) is 5. The second kappa shape index (κ2) is 5.97. The molecule has 5 nitrogen and oxygen atoms in total. The first-order valence-corrected chi connectivity index (χ1v) is 7.88. The van der Waals surface area contributed by atoms with Crippen molar-refractivity contribution >= 4 is 22.6 Å². The van der Waals surface area contributed by atoms with Crippen LogP contribution in [0.3, 0.4) is 0 Å². The van der Waals surface area contributed by atoms with Gasteiger partial charge in [-0.15, -0.1) is 0 Å². The minimum Gasteiger partial charge on any atom is -0.323 e. The van der Waals surface area contributed by atoms with E-state index in [1.165, 1.54) is 3.57 Å². The molecule has 3 aromatic rings. The Morgan fingerprint density at radius 2 is 1.90 bits per heavy atom. The third kappa shape index (κ3) is 2.99. The minimum absolute atomic E-state index is 0.299. The highest BCUT2D eigenvalue weighted by Gasteiger charge is 2.11. The van der Waals surface area contributed by atoms with Gasteiger partial charge in [-0.05, 0) is 48.6 Å². The van der Waals surface area contributed by atoms with E-state index in [4.69, 9.17) is 0 Å². The summed E-state index contributed by atoms with van der Waals surface area (Å²) in [6.07, 6.45) is 5.41. The Kier molecular flexibility index (Phi) is 4.05. The third-order valence-corrected chi connectivity index (χ3v) is 3.99. The lowest BCUT2D eigenvalue weighted by molar-refractivity contribution is 0.496. The first kappa shape index (κ1) is 14.2. The van der Waals surface area contributed by atoms with Crippen LogP contribution in [0, 0.1) is 3.57 Å². The minimum atomic E-state index is 0.299. The van der Waals surface area contributed by atoms with E-state index in [0.29, 0.717) is 12.6 Å². The smallest absolute Gasteiger partial charge is 0.147 e. The van der Waals surface area contributed by atoms with Crippen LogP contribution in [0.5, 0.6) is 0 Å². The molecule has 108 valence electrons. The SMILES string of the molecule is CC(C)n1ncnc1Cn1ccnc1-c1ccc(I)cc1. The zero-order valence-corrected chi connectivity index (χ0v) is 14.1. The monoisotopic (exact) mass is 393 g/mol. The molecule has 0 unspecified atom stereocenters. The van der Waals surface area contributed by atoms with Gasteiger partial charge in [0.1, 0.15) is 18.0 Å². The Morgan fingerprint density at radius 1 is 1.14 bits per heavy atom. The van der Waals surface area contributed by atoms with Crippen molar-refractivity contribution in [3.8, 4) is 11.4 Å². The van der Waals surface area contributed by atoms with Gasteiger partial charge in [-0.1, -0.05) is 12.1 Å². The van der Waals surface area contributed by atoms with Crippen molar-refractivity contribution in [2.24, 2.45) is 0 Å². The van der Waals surface area contributed by atoms with Gasteiger partial charge in [0.2, 0.25) is 0 Å². The van der Waals surface area contributed by atoms with E-state index in [-0.39, 0.29) is 0 Å². The third-order valence-electron chi connectivity index (χ3n) is 3.27. The van der Waals surface area contributed by atoms with Crippen molar-refractivity contribution in [1.29, 1.82) is 0 Å². The summed E-state index contributed by atoms with van der Waals surface area (Å²) >= 11 is 2.30. The highest BCUT2D eigenvalue weighted by atomic mass is 127. The summed E-state index contributed by atoms with van der Waals surface area (Å²) in [5.41, 5.74) is 1.11. The van der Waals surface area contributed by atoms with Crippen LogP contribution >= 0.6 is 22.6 Å². The molecule has 2 heterocycles. The quantitative estimate of drug-likeness (QED) is 0.639. The molecular weight excluding hydrogens is 377 g/mol. The highest BCUT2D eigenvalue weighted by molar-refractivity contribution is 14.1. The fraction of sp³-hybridized carbons (Fsp3) is 0.267. The number of imidazole rings is 1. The summed E-state index contributed by atoms with van der Waals surface area (Å²) in [6.45, 7) is 4.87. The van der Waals surface area contributed by atoms with Crippen LogP contribution in [0.25, 0.3) is 11.4 Å². The number of benzene rings is 1. The van der Waals surface area contributed by atoms with E-state index in [9.17, 15) is 0 Å². The van der Waals surface area contributed by atoms with E-state index in [1.807, 2.05) is 17.1 Å². The molecule has 0 aliphatic heterocycles. The second-order valence-electron chi connectivity index (χ2n) is 5.10. The van der Waals surface area contributed by atoms with Gasteiger partial charge in [-0.3, -0.25) is 0 Å². The summed E-state index contributed by atoms with van der Waals surface area (Å²) < 4.78 is 5.26. The van der Waals surface area contributed by atoms with Gasteiger partial charge in [0.05, 0.1) is 6.54 Å². The summed E-state index contributed by atoms with van der Waals surface area (Å²) in [6, 6.07) is 8.66. The van der Waals surface area contributed by atoms with Crippen LogP contribution < -0.4 is 0 Å². The molecule has 0 N–H and O–H groups in total. The van der Waals surface area contributed by atoms with Crippen LogP contribution in [0.1, 0.15) is 25.7 Å². The average Bonchev–Trinajstić information content (AvgIpc) is 3.09. The molecular formula is C15H16IN5. The summed E-state index contributed by atoms with van der Waals surface area (Å²) in [5.74, 6) is 1.89. The maximum atomic E-state index is 4.47. The molecule has 0 amide bonds. The maximum Gasteiger partial charge on any atom is 0.147 e. The molecule has 3 rings (SSSR count). The number of halogens is 1. The van der Waals surface area contributed by atoms with E-state index >= 15 is 0 Å². The van der Waals surface area contributed by atoms with Crippen LogP contribution in [-0.2, 0) is 6.54 Å². The number of rotatable bonds is 4. The largest absolute Gasteiger partial charge is 0.323 e. The van der Waals surface area contributed by atoms with Gasteiger partial charge < -0.3 is 4.57 Å². The number of hydrogen-bond acceptors (Lipinski definition) is 3. The predicted octanol–water partition coefficient (Wildman–Crippen LogP) is 3.38. The fourth-order valence-electron chi connectivity index (χ4n) is 2.27. The van der Waals surface area contributed by atoms with E-state index in [2.05, 4.69) is 80.3 Å². The summed E-state index contributed by atoms with van der Waals surface area (Å²) in [5, 5.41) is 4.28. The Labute approximate surface area is 137 Å². The first-order valence-electron chi connectivity index (χ1n) is 6.80. The van der Waals surface area contributed by atoms with E-state index in [0.717, 1.165) is 17.2 Å². The van der Waals surface area contributed by atoms with Gasteiger partial charge in [-0.25, -0.2) is 14.6 Å². The zero-order chi connectivity index (χ0) is 14.8. The standard InChI is InChI=1S/C15H16IN5/c1-11(2)21-14(18-10-19-21)9-20-8-7-17-15(20)12-3-5-13(16)6-4-12/h3-8,10-11H,9H2,1-2H3. The Bertz CT molecular complexity index is 727. The van der Waals surface area contributed by atoms with Crippen molar-refractivity contribution in [3.63, 3.8) is 0 Å². The summed E-state index contributed by atoms with van der Waals surface area (Å²) in [4.78, 5) is 8.84. The molecule has 0 aliphatic carbocycles. The van der Waals surface area contributed by atoms with Gasteiger partial charge in [0.25, 0.3) is 0 Å². The predicted molar refractivity (Wildman–Crippen MR) is 89.9 cm³/mol. The Hall–Kier alpha value is -1.70. The highest BCUT2D eigenvalue weighted by Crippen LogP contribution is 2.20. The van der Waals surface area contributed by atoms with Gasteiger partial charge in [-0.2, -0.15) is 5.10 Å². The van der Waals surface area contributed by atoms with Crippen LogP contribution in [0.2, 0.25) is 0 Å². The molecule has 0 radical (unpaired) electrons. The lowest BCUT2D eigenvalue weighted by atomic mass is 10.2. The van der Waals surface area contributed by atoms with Crippen molar-refractivity contribution in [2.75, 3.05) is 0 Å². The van der Waals surface area contributed by atoms with Gasteiger partial charge in [0.15, 0.2) is 0 Å². The van der Waals surface area contributed by atoms with E-state index < -0.39 is 0 Å². The molecule has 6 heteroatoms. The Balaban J connectivity index is 1.92. The summed E-state index contributed by atoms with van der Waals surface area (Å²) in [7, 11) is 0. The molecule has 0 bridgehead atoms. The van der Waals surface area contributed by atoms with Crippen LogP contribution in [-0.4, -0.2) is 24.3 Å². The number of aromatic nitrogens is 5. The zero-order valence-electron chi connectivity index (χ0n) is 11.9. The molecule has 21 heavy (non-hydrogen) atoms. The average molecular weight is 393 g/mol. The molecule has 0 saturated carbocycles. The number of hydrogen-bond donors (Lipinski definition) is 0. The van der Waals surface area contributed by atoms with Gasteiger partial charge in [0, 0.05) is 27.6 Å². The van der Waals surface area contributed by atoms with Crippen LogP contribution in [0.4, 0.5) is 0 Å². The lowest BCUT2D eigenvalue weighted by Crippen LogP contribution is -2.12. The lowest BCUT2D eigenvalue weighted by Gasteiger charge is -2.11. The van der Waals surface area contributed by atoms with Crippen molar-refractivity contribution < 1.29 is 0 Å². The fourth-order valence-corrected chi connectivity index (χ4v) is 2.63.